The molecule has 0 radical (unpaired) electrons. The number of nitrogens with one attached hydrogen (secondary N) is 4. The average molecular weight is 2100 g/mol. The average Bonchev–Trinajstić information content (AvgIpc) is 1.69. The van der Waals surface area contributed by atoms with Gasteiger partial charge in [0.25, 0.3) is 0 Å². The van der Waals surface area contributed by atoms with E-state index in [2.05, 4.69) is 78.1 Å². The number of aliphatic carboxylic acids is 4. The minimum absolute atomic E-state index is 0.0246. The minimum Gasteiger partial charge on any atom is -0.480 e. The number of hydrogen-bond donors (Lipinski definition) is 8. The second-order valence-electron chi connectivity index (χ2n) is 29.4. The van der Waals surface area contributed by atoms with Crippen LogP contribution in [0.25, 0.3) is 0 Å². The van der Waals surface area contributed by atoms with Crippen molar-refractivity contribution < 1.29 is 110 Å². The lowest BCUT2D eigenvalue weighted by Gasteiger charge is -2.35. The van der Waals surface area contributed by atoms with Crippen LogP contribution in [0.3, 0.4) is 0 Å². The Kier molecular flexibility index (Phi) is 34.9. The van der Waals surface area contributed by atoms with Crippen LogP contribution in [0.2, 0.25) is 15.1 Å². The number of esters is 4. The number of carbonyl (C=O) groups is 8. The Morgan fingerprint density at radius 2 is 0.774 bits per heavy atom. The molecule has 133 heavy (non-hydrogen) atoms. The normalized spacial score (nSPS) is 21.3. The van der Waals surface area contributed by atoms with E-state index in [1.807, 2.05) is 15.7 Å². The fraction of sp³-hybridized carbons (Fsp3) is 0.341. The highest BCUT2D eigenvalue weighted by molar-refractivity contribution is 9.10. The fourth-order valence-corrected chi connectivity index (χ4v) is 19.2. The van der Waals surface area contributed by atoms with Gasteiger partial charge in [0, 0.05) is 163 Å². The number of thiazole rings is 4. The number of methoxy groups -OCH3 is 3. The van der Waals surface area contributed by atoms with Crippen molar-refractivity contribution in [2.24, 2.45) is 20.0 Å². The second kappa shape index (κ2) is 46.5. The largest absolute Gasteiger partial charge is 0.480 e. The molecule has 0 saturated carbocycles. The van der Waals surface area contributed by atoms with Crippen LogP contribution in [0.5, 0.6) is 0 Å². The van der Waals surface area contributed by atoms with Crippen LogP contribution in [-0.2, 0) is 76.3 Å². The van der Waals surface area contributed by atoms with E-state index in [-0.39, 0.29) is 93.1 Å². The highest BCUT2D eigenvalue weighted by atomic mass is 79.9. The molecule has 36 nitrogen and oxygen atoms in total. The zero-order valence-corrected chi connectivity index (χ0v) is 79.2. The summed E-state index contributed by atoms with van der Waals surface area (Å²) in [5.74, 6) is -6.21. The highest BCUT2D eigenvalue weighted by Crippen LogP contribution is 2.43. The number of nitrogens with zero attached hydrogens (tertiary/aromatic N) is 12. The number of amidine groups is 4. The van der Waals surface area contributed by atoms with Crippen LogP contribution in [0.15, 0.2) is 193 Å². The molecule has 0 spiro atoms. The molecule has 0 aliphatic carbocycles. The zero-order chi connectivity index (χ0) is 94.8. The van der Waals surface area contributed by atoms with Crippen LogP contribution in [0, 0.1) is 17.5 Å². The predicted molar refractivity (Wildman–Crippen MR) is 490 cm³/mol. The molecule has 48 heteroatoms. The molecule has 8 unspecified atom stereocenters. The summed E-state index contributed by atoms with van der Waals surface area (Å²) in [6.45, 7) is 5.65. The number of aromatic nitrogens is 4. The van der Waals surface area contributed by atoms with Gasteiger partial charge in [-0.3, -0.25) is 54.0 Å². The van der Waals surface area contributed by atoms with E-state index in [0.717, 1.165) is 6.07 Å². The second-order valence-corrected chi connectivity index (χ2v) is 36.0. The van der Waals surface area contributed by atoms with Crippen molar-refractivity contribution in [2.45, 2.75) is 55.3 Å². The van der Waals surface area contributed by atoms with Crippen molar-refractivity contribution in [2.75, 3.05) is 133 Å². The van der Waals surface area contributed by atoms with Gasteiger partial charge in [-0.2, -0.15) is 0 Å². The van der Waals surface area contributed by atoms with Gasteiger partial charge in [0.15, 0.2) is 49.5 Å². The lowest BCUT2D eigenvalue weighted by atomic mass is 9.95. The van der Waals surface area contributed by atoms with Gasteiger partial charge in [-0.05, 0) is 66.6 Å². The number of benzene rings is 4. The van der Waals surface area contributed by atoms with Gasteiger partial charge in [-0.25, -0.2) is 57.1 Å². The van der Waals surface area contributed by atoms with Crippen molar-refractivity contribution in [1.29, 1.82) is 0 Å². The highest BCUT2D eigenvalue weighted by Gasteiger charge is 2.43. The summed E-state index contributed by atoms with van der Waals surface area (Å²) >= 11 is 31.1. The van der Waals surface area contributed by atoms with E-state index in [1.165, 1.54) is 103 Å². The fourth-order valence-electron chi connectivity index (χ4n) is 15.0. The number of hydrogen-bond acceptors (Lipinski definition) is 36. The Hall–Kier alpha value is -10.7. The number of carboxylic acids is 4. The van der Waals surface area contributed by atoms with Crippen molar-refractivity contribution >= 4 is 183 Å². The predicted octanol–water partition coefficient (Wildman–Crippen LogP) is 10.1. The van der Waals surface area contributed by atoms with Gasteiger partial charge in [0.05, 0.1) is 96.5 Å². The molecule has 8 N–H and O–H groups in total. The van der Waals surface area contributed by atoms with E-state index in [1.54, 1.807) is 87.5 Å². The number of ether oxygens (including phenoxy) is 8. The summed E-state index contributed by atoms with van der Waals surface area (Å²) < 4.78 is 84.1. The number of carboxylic acid groups (broad SMARTS) is 4. The van der Waals surface area contributed by atoms with Crippen LogP contribution in [0.4, 0.5) is 13.2 Å². The van der Waals surface area contributed by atoms with Crippen LogP contribution in [0.1, 0.15) is 73.4 Å². The molecule has 702 valence electrons. The van der Waals surface area contributed by atoms with Crippen molar-refractivity contribution in [3.63, 3.8) is 0 Å². The summed E-state index contributed by atoms with van der Waals surface area (Å²) in [6, 6.07) is 11.2. The molecule has 12 heterocycles. The third kappa shape index (κ3) is 24.5. The van der Waals surface area contributed by atoms with Crippen LogP contribution < -0.4 is 21.3 Å². The molecule has 4 aromatic carbocycles. The lowest BCUT2D eigenvalue weighted by Crippen LogP contribution is -2.52. The number of rotatable bonds is 25. The topological polar surface area (TPSA) is 453 Å². The molecule has 0 amide bonds. The first-order valence-corrected chi connectivity index (χ1v) is 46.6. The maximum Gasteiger partial charge on any atom is 0.338 e. The zero-order valence-electron chi connectivity index (χ0n) is 70.5. The number of aliphatic imine (C=N–C) groups is 4. The summed E-state index contributed by atoms with van der Waals surface area (Å²) in [7, 11) is 3.78. The smallest absolute Gasteiger partial charge is 0.338 e. The number of carbonyl (C=O) groups excluding carboxylic acids is 4. The molecular formula is C85H82Br2Cl3F3N16O20S4. The van der Waals surface area contributed by atoms with E-state index < -0.39 is 114 Å². The molecular weight excluding hydrogens is 2020 g/mol. The first-order chi connectivity index (χ1) is 64.0. The first kappa shape index (κ1) is 99.8. The summed E-state index contributed by atoms with van der Waals surface area (Å²) in [5, 5.41) is 61.5. The molecule has 8 aliphatic heterocycles. The number of morpholine rings is 4. The lowest BCUT2D eigenvalue weighted by molar-refractivity contribution is -0.156. The SMILES string of the molecule is CCOC(=O)C1=C(CN2CCOC(C(=O)O)C2)NC(c2nccs2)=NC1c1ccc(F)cc1Br.COC(=O)C1=C(CN2CCOCC2C(=O)O)NC(c2nccs2)=NC1c1ccc(Cl)cc1Cl.COC(=O)C1=C(CN2CCOCC2C(=O)O)NC(c2nccs2)=NC1c1ccc(F)cc1Br.COC(=O)C1=C(CN2CCOCC2C(=O)O)NC(c2nccs2)=NC1c1ccc(F)cc1Cl. The molecule has 4 fully saturated rings. The molecule has 8 aromatic rings. The minimum atomic E-state index is -1.04. The first-order valence-electron chi connectivity index (χ1n) is 40.4. The van der Waals surface area contributed by atoms with Gasteiger partial charge in [0.2, 0.25) is 0 Å². The Bertz CT molecular complexity index is 5510. The molecule has 8 aliphatic rings. The Morgan fingerprint density at radius 3 is 1.09 bits per heavy atom. The van der Waals surface area contributed by atoms with E-state index in [9.17, 15) is 72.0 Å². The van der Waals surface area contributed by atoms with Crippen molar-refractivity contribution in [1.82, 2.24) is 60.8 Å². The molecule has 0 bridgehead atoms. The molecule has 4 saturated heterocycles. The van der Waals surface area contributed by atoms with Gasteiger partial charge in [0.1, 0.15) is 59.7 Å². The van der Waals surface area contributed by atoms with Crippen molar-refractivity contribution in [3.05, 3.63) is 248 Å². The summed E-state index contributed by atoms with van der Waals surface area (Å²) in [5.41, 5.74) is 4.81. The van der Waals surface area contributed by atoms with Crippen molar-refractivity contribution in [3.8, 4) is 0 Å². The molecule has 4 aromatic heterocycles. The van der Waals surface area contributed by atoms with E-state index in [0.29, 0.717) is 153 Å². The van der Waals surface area contributed by atoms with Gasteiger partial charge in [-0.1, -0.05) is 90.9 Å². The van der Waals surface area contributed by atoms with Gasteiger partial charge < -0.3 is 79.6 Å². The third-order valence-corrected chi connectivity index (χ3v) is 26.6. The Morgan fingerprint density at radius 1 is 0.444 bits per heavy atom. The quantitative estimate of drug-likeness (QED) is 0.0195. The Labute approximate surface area is 804 Å². The van der Waals surface area contributed by atoms with E-state index >= 15 is 0 Å². The third-order valence-electron chi connectivity index (χ3n) is 21.2. The summed E-state index contributed by atoms with van der Waals surface area (Å²) in [6.07, 6.45) is 5.59. The maximum atomic E-state index is 13.8. The standard InChI is InChI=1S/C22H22BrFN4O5S.C21H20BrFN4O5S.C21H20Cl2N4O5S.C21H20ClFN4O5S/c1-2-32-22(31)17-15(10-28-6-7-33-16(11-28)21(29)30)26-19(20-25-5-8-34-20)27-18(17)13-4-3-12(24)9-14(13)23;1-31-21(30)16-14(9-27-5-6-32-10-15(27)20(28)29)25-18(19-24-4-7-33-19)26-17(16)12-3-2-11(23)8-13(12)22;1-31-21(30)16-14(9-27-5-6-32-10-15(27)20(28)29)25-18(19-24-4-7-33-19)26-17(16)12-3-2-11(22)8-13(12)23;1-31-21(30)16-14(9-27-5-6-32-10-15(27)20(28)29)25-18(19-24-4-7-33-19)26-17(16)12-3-2-11(23)8-13(12)22/h3-5,8-9,16,18H,2,6-7,10-11H2,1H3,(H,26,27)(H,29,30);3*2-4,7-8,15,17H,5-6,9-10H2,1H3,(H,25,26)(H,28,29). The maximum absolute atomic E-state index is 13.8. The van der Waals surface area contributed by atoms with Crippen LogP contribution in [-0.4, -0.2) is 288 Å². The van der Waals surface area contributed by atoms with E-state index in [4.69, 9.17) is 87.7 Å². The molecule has 8 atom stereocenters. The van der Waals surface area contributed by atoms with Gasteiger partial charge >= 0.3 is 47.8 Å². The monoisotopic (exact) mass is 2090 g/mol. The Balaban J connectivity index is 0.000000151. The van der Waals surface area contributed by atoms with Crippen LogP contribution >= 0.6 is 112 Å². The molecule has 16 rings (SSSR count). The number of halogens is 8. The van der Waals surface area contributed by atoms with Gasteiger partial charge in [-0.15, -0.1) is 45.3 Å². The summed E-state index contributed by atoms with van der Waals surface area (Å²) in [4.78, 5) is 142.